The summed E-state index contributed by atoms with van der Waals surface area (Å²) < 4.78 is 21.4. The second-order valence-corrected chi connectivity index (χ2v) is 6.44. The Balaban J connectivity index is 2.68. The second kappa shape index (κ2) is 6.08. The van der Waals surface area contributed by atoms with Crippen LogP contribution in [0.1, 0.15) is 33.5 Å². The van der Waals surface area contributed by atoms with Crippen LogP contribution in [-0.4, -0.2) is 42.6 Å². The summed E-state index contributed by atoms with van der Waals surface area (Å²) >= 11 is 0.921. The van der Waals surface area contributed by atoms with E-state index in [1.54, 1.807) is 0 Å². The van der Waals surface area contributed by atoms with E-state index in [0.29, 0.717) is 0 Å². The highest BCUT2D eigenvalue weighted by Gasteiger charge is 2.20. The van der Waals surface area contributed by atoms with Gasteiger partial charge in [-0.15, -0.1) is 0 Å². The Hall–Kier alpha value is -1.52. The fourth-order valence-electron chi connectivity index (χ4n) is 1.25. The van der Waals surface area contributed by atoms with Crippen molar-refractivity contribution in [3.8, 4) is 0 Å². The first-order chi connectivity index (χ1) is 8.70. The topological polar surface area (TPSA) is 139 Å². The molecule has 19 heavy (non-hydrogen) atoms. The van der Waals surface area contributed by atoms with Crippen LogP contribution in [0.3, 0.4) is 0 Å². The molecule has 1 aromatic heterocycles. The van der Waals surface area contributed by atoms with Crippen molar-refractivity contribution in [3.63, 3.8) is 0 Å². The number of Topliss-reactive ketones (excluding diaryl/α,β-unsaturated/α-hetero) is 1. The third-order valence-electron chi connectivity index (χ3n) is 2.03. The van der Waals surface area contributed by atoms with Crippen LogP contribution in [0.15, 0.2) is 0 Å². The summed E-state index contributed by atoms with van der Waals surface area (Å²) in [4.78, 5) is 25.9. The summed E-state index contributed by atoms with van der Waals surface area (Å²) in [5, 5.41) is 16.7. The molecule has 1 rings (SSSR count). The number of carbonyl (C=O) groups excluding carboxylic acids is 1. The van der Waals surface area contributed by atoms with Crippen molar-refractivity contribution in [1.29, 1.82) is 0 Å². The number of nitrogens with zero attached hydrogens (tertiary/aromatic N) is 1. The predicted molar refractivity (Wildman–Crippen MR) is 70.2 cm³/mol. The van der Waals surface area contributed by atoms with Gasteiger partial charge in [0.25, 0.3) is 0 Å². The van der Waals surface area contributed by atoms with Crippen LogP contribution < -0.4 is 10.5 Å². The summed E-state index contributed by atoms with van der Waals surface area (Å²) in [6.07, 6.45) is 0.260. The van der Waals surface area contributed by atoms with Gasteiger partial charge in [0.15, 0.2) is 16.6 Å². The number of primary sulfonamides is 1. The number of aromatic nitrogens is 1. The lowest BCUT2D eigenvalue weighted by atomic mass is 10.3. The number of nitrogens with one attached hydrogen (secondary N) is 1. The van der Waals surface area contributed by atoms with Crippen LogP contribution in [0.2, 0.25) is 0 Å². The molecule has 106 valence electrons. The van der Waals surface area contributed by atoms with Gasteiger partial charge in [-0.2, -0.15) is 0 Å². The molecule has 0 aliphatic rings. The van der Waals surface area contributed by atoms with Gasteiger partial charge in [0.1, 0.15) is 4.88 Å². The number of thiazole rings is 1. The standard InChI is InChI=1S/C9H13N3O5S2/c1-5(13)7-6(8(14)15)12-9(18-7)11-3-2-4-19(10,16)17/h2-4H2,1H3,(H,11,12)(H,14,15)(H2,10,16,17). The van der Waals surface area contributed by atoms with Crippen molar-refractivity contribution in [1.82, 2.24) is 4.98 Å². The molecule has 10 heteroatoms. The normalized spacial score (nSPS) is 11.3. The van der Waals surface area contributed by atoms with Crippen LogP contribution in [0, 0.1) is 0 Å². The molecule has 0 aromatic carbocycles. The number of rotatable bonds is 7. The molecule has 4 N–H and O–H groups in total. The van der Waals surface area contributed by atoms with Crippen molar-refractivity contribution in [2.45, 2.75) is 13.3 Å². The zero-order chi connectivity index (χ0) is 14.6. The first-order valence-electron chi connectivity index (χ1n) is 5.20. The van der Waals surface area contributed by atoms with Gasteiger partial charge < -0.3 is 10.4 Å². The molecule has 0 saturated carbocycles. The van der Waals surface area contributed by atoms with Gasteiger partial charge in [-0.05, 0) is 6.42 Å². The molecule has 0 spiro atoms. The molecular weight excluding hydrogens is 294 g/mol. The minimum Gasteiger partial charge on any atom is -0.476 e. The van der Waals surface area contributed by atoms with E-state index >= 15 is 0 Å². The maximum absolute atomic E-state index is 11.2. The van der Waals surface area contributed by atoms with E-state index in [1.165, 1.54) is 6.92 Å². The smallest absolute Gasteiger partial charge is 0.356 e. The average molecular weight is 307 g/mol. The molecule has 0 radical (unpaired) electrons. The number of hydrogen-bond donors (Lipinski definition) is 3. The molecule has 0 aliphatic carbocycles. The molecule has 1 aromatic rings. The molecule has 0 aliphatic heterocycles. The average Bonchev–Trinajstić information content (AvgIpc) is 2.67. The highest BCUT2D eigenvalue weighted by atomic mass is 32.2. The molecular formula is C9H13N3O5S2. The van der Waals surface area contributed by atoms with Gasteiger partial charge in [0.2, 0.25) is 10.0 Å². The quantitative estimate of drug-likeness (QED) is 0.480. The number of anilines is 1. The van der Waals surface area contributed by atoms with Gasteiger partial charge >= 0.3 is 5.97 Å². The molecule has 0 saturated heterocycles. The minimum absolute atomic E-state index is 0.0569. The number of carboxylic acid groups (broad SMARTS) is 1. The Labute approximate surface area is 113 Å². The van der Waals surface area contributed by atoms with Gasteiger partial charge in [0, 0.05) is 13.5 Å². The van der Waals surface area contributed by atoms with Crippen molar-refractivity contribution >= 4 is 38.2 Å². The van der Waals surface area contributed by atoms with Gasteiger partial charge in [-0.25, -0.2) is 23.3 Å². The van der Waals surface area contributed by atoms with Crippen molar-refractivity contribution in [3.05, 3.63) is 10.6 Å². The van der Waals surface area contributed by atoms with E-state index in [-0.39, 0.29) is 40.2 Å². The van der Waals surface area contributed by atoms with E-state index < -0.39 is 16.0 Å². The van der Waals surface area contributed by atoms with E-state index in [0.717, 1.165) is 11.3 Å². The molecule has 0 bridgehead atoms. The van der Waals surface area contributed by atoms with Crippen molar-refractivity contribution in [2.24, 2.45) is 5.14 Å². The van der Waals surface area contributed by atoms with Crippen molar-refractivity contribution < 1.29 is 23.1 Å². The molecule has 0 amide bonds. The Morgan fingerprint density at radius 1 is 1.47 bits per heavy atom. The van der Waals surface area contributed by atoms with E-state index in [9.17, 15) is 18.0 Å². The maximum Gasteiger partial charge on any atom is 0.356 e. The minimum atomic E-state index is -3.51. The van der Waals surface area contributed by atoms with Crippen LogP contribution in [-0.2, 0) is 10.0 Å². The van der Waals surface area contributed by atoms with E-state index in [4.69, 9.17) is 10.2 Å². The maximum atomic E-state index is 11.2. The first-order valence-corrected chi connectivity index (χ1v) is 7.73. The third-order valence-corrected chi connectivity index (χ3v) is 4.00. The van der Waals surface area contributed by atoms with Crippen LogP contribution >= 0.6 is 11.3 Å². The molecule has 0 unspecified atom stereocenters. The number of carbonyl (C=O) groups is 2. The molecule has 1 heterocycles. The number of sulfonamides is 1. The Morgan fingerprint density at radius 3 is 2.53 bits per heavy atom. The Kier molecular flexibility index (Phi) is 4.97. The molecule has 0 atom stereocenters. The second-order valence-electron chi connectivity index (χ2n) is 3.71. The highest BCUT2D eigenvalue weighted by Crippen LogP contribution is 2.23. The zero-order valence-electron chi connectivity index (χ0n) is 10.0. The van der Waals surface area contributed by atoms with Gasteiger partial charge in [0.05, 0.1) is 5.75 Å². The third kappa shape index (κ3) is 4.93. The fourth-order valence-corrected chi connectivity index (χ4v) is 2.67. The molecule has 8 nitrogen and oxygen atoms in total. The fraction of sp³-hybridized carbons (Fsp3) is 0.444. The molecule has 0 fully saturated rings. The summed E-state index contributed by atoms with van der Waals surface area (Å²) in [5.74, 6) is -1.84. The van der Waals surface area contributed by atoms with E-state index in [2.05, 4.69) is 10.3 Å². The lowest BCUT2D eigenvalue weighted by molar-refractivity contribution is 0.0687. The summed E-state index contributed by atoms with van der Waals surface area (Å²) in [6.45, 7) is 1.52. The van der Waals surface area contributed by atoms with Crippen LogP contribution in [0.4, 0.5) is 5.13 Å². The first kappa shape index (κ1) is 15.5. The van der Waals surface area contributed by atoms with E-state index in [1.807, 2.05) is 0 Å². The summed E-state index contributed by atoms with van der Waals surface area (Å²) in [5.41, 5.74) is -0.300. The Morgan fingerprint density at radius 2 is 2.11 bits per heavy atom. The lowest BCUT2D eigenvalue weighted by Crippen LogP contribution is -2.18. The van der Waals surface area contributed by atoms with Gasteiger partial charge in [-0.3, -0.25) is 4.79 Å². The van der Waals surface area contributed by atoms with Crippen molar-refractivity contribution in [2.75, 3.05) is 17.6 Å². The number of ketones is 1. The summed E-state index contributed by atoms with van der Waals surface area (Å²) in [7, 11) is -3.51. The van der Waals surface area contributed by atoms with Crippen LogP contribution in [0.5, 0.6) is 0 Å². The largest absolute Gasteiger partial charge is 0.476 e. The zero-order valence-corrected chi connectivity index (χ0v) is 11.7. The Bertz CT molecular complexity index is 561. The highest BCUT2D eigenvalue weighted by molar-refractivity contribution is 7.89. The lowest BCUT2D eigenvalue weighted by Gasteiger charge is -2.00. The number of hydrogen-bond acceptors (Lipinski definition) is 7. The van der Waals surface area contributed by atoms with Crippen LogP contribution in [0.25, 0.3) is 0 Å². The monoisotopic (exact) mass is 307 g/mol. The summed E-state index contributed by atoms with van der Waals surface area (Å²) in [6, 6.07) is 0. The number of aromatic carboxylic acids is 1. The van der Waals surface area contributed by atoms with Gasteiger partial charge in [-0.1, -0.05) is 11.3 Å². The number of nitrogens with two attached hydrogens (primary N) is 1. The number of carboxylic acids is 1. The SMILES string of the molecule is CC(=O)c1sc(NCCCS(N)(=O)=O)nc1C(=O)O. The predicted octanol–water partition coefficient (Wildman–Crippen LogP) is 0.134.